The number of amides is 1. The Hall–Kier alpha value is -2.62. The fraction of sp³-hybridized carbons (Fsp3) is 0.263. The van der Waals surface area contributed by atoms with Crippen LogP contribution in [0.4, 0.5) is 5.69 Å². The van der Waals surface area contributed by atoms with Crippen LogP contribution in [0.1, 0.15) is 34.3 Å². The summed E-state index contributed by atoms with van der Waals surface area (Å²) < 4.78 is 0. The Balaban J connectivity index is 1.57. The molecule has 1 fully saturated rings. The first-order chi connectivity index (χ1) is 11.2. The molecule has 4 heteroatoms. The fourth-order valence-electron chi connectivity index (χ4n) is 2.68. The van der Waals surface area contributed by atoms with E-state index in [1.165, 1.54) is 18.5 Å². The molecule has 0 aliphatic carbocycles. The summed E-state index contributed by atoms with van der Waals surface area (Å²) in [6.45, 7) is 4.27. The minimum Gasteiger partial charge on any atom is -0.372 e. The van der Waals surface area contributed by atoms with Gasteiger partial charge in [-0.15, -0.1) is 0 Å². The number of benzene rings is 2. The van der Waals surface area contributed by atoms with Gasteiger partial charge in [0.1, 0.15) is 0 Å². The van der Waals surface area contributed by atoms with Crippen LogP contribution in [0.15, 0.2) is 53.6 Å². The molecule has 4 nitrogen and oxygen atoms in total. The third-order valence-corrected chi connectivity index (χ3v) is 4.06. The number of anilines is 1. The second-order valence-electron chi connectivity index (χ2n) is 5.85. The molecule has 1 aliphatic rings. The van der Waals surface area contributed by atoms with Gasteiger partial charge in [0.05, 0.1) is 6.21 Å². The highest BCUT2D eigenvalue weighted by Crippen LogP contribution is 2.19. The SMILES string of the molecule is Cc1ccc(C(=O)N/N=C/c2ccc(N3CCCC3)cc2)cc1. The lowest BCUT2D eigenvalue weighted by molar-refractivity contribution is 0.0955. The van der Waals surface area contributed by atoms with E-state index in [0.29, 0.717) is 5.56 Å². The monoisotopic (exact) mass is 307 g/mol. The molecule has 118 valence electrons. The number of hydrazone groups is 1. The Morgan fingerprint density at radius 1 is 1.04 bits per heavy atom. The molecule has 1 aliphatic heterocycles. The van der Waals surface area contributed by atoms with Crippen LogP contribution in [0.3, 0.4) is 0 Å². The highest BCUT2D eigenvalue weighted by molar-refractivity contribution is 5.94. The number of carbonyl (C=O) groups is 1. The lowest BCUT2D eigenvalue weighted by Crippen LogP contribution is -2.18. The number of aryl methyl sites for hydroxylation is 1. The summed E-state index contributed by atoms with van der Waals surface area (Å²) in [5.41, 5.74) is 6.52. The van der Waals surface area contributed by atoms with Crippen LogP contribution >= 0.6 is 0 Å². The number of nitrogens with zero attached hydrogens (tertiary/aromatic N) is 2. The van der Waals surface area contributed by atoms with E-state index < -0.39 is 0 Å². The van der Waals surface area contributed by atoms with Gasteiger partial charge in [0.25, 0.3) is 5.91 Å². The second-order valence-corrected chi connectivity index (χ2v) is 5.85. The molecular formula is C19H21N3O. The largest absolute Gasteiger partial charge is 0.372 e. The van der Waals surface area contributed by atoms with Gasteiger partial charge in [-0.2, -0.15) is 5.10 Å². The van der Waals surface area contributed by atoms with E-state index in [9.17, 15) is 4.79 Å². The topological polar surface area (TPSA) is 44.7 Å². The van der Waals surface area contributed by atoms with Crippen molar-refractivity contribution in [3.8, 4) is 0 Å². The number of rotatable bonds is 4. The molecule has 1 heterocycles. The molecule has 0 bridgehead atoms. The molecular weight excluding hydrogens is 286 g/mol. The van der Waals surface area contributed by atoms with Crippen LogP contribution in [0.2, 0.25) is 0 Å². The summed E-state index contributed by atoms with van der Waals surface area (Å²) in [5, 5.41) is 4.03. The summed E-state index contributed by atoms with van der Waals surface area (Å²) in [6, 6.07) is 15.7. The van der Waals surface area contributed by atoms with Crippen molar-refractivity contribution in [1.29, 1.82) is 0 Å². The Morgan fingerprint density at radius 2 is 1.70 bits per heavy atom. The average Bonchev–Trinajstić information content (AvgIpc) is 3.10. The van der Waals surface area contributed by atoms with Gasteiger partial charge in [0.2, 0.25) is 0 Å². The zero-order chi connectivity index (χ0) is 16.1. The molecule has 1 saturated heterocycles. The predicted octanol–water partition coefficient (Wildman–Crippen LogP) is 3.36. The Morgan fingerprint density at radius 3 is 2.35 bits per heavy atom. The van der Waals surface area contributed by atoms with Crippen LogP contribution in [0.5, 0.6) is 0 Å². The van der Waals surface area contributed by atoms with Crippen molar-refractivity contribution in [1.82, 2.24) is 5.43 Å². The molecule has 2 aromatic rings. The van der Waals surface area contributed by atoms with Gasteiger partial charge in [0, 0.05) is 24.3 Å². The van der Waals surface area contributed by atoms with Gasteiger partial charge in [0.15, 0.2) is 0 Å². The fourth-order valence-corrected chi connectivity index (χ4v) is 2.68. The van der Waals surface area contributed by atoms with E-state index in [2.05, 4.69) is 27.6 Å². The Labute approximate surface area is 136 Å². The number of hydrogen-bond donors (Lipinski definition) is 1. The first kappa shape index (κ1) is 15.3. The summed E-state index contributed by atoms with van der Waals surface area (Å²) in [5.74, 6) is -0.199. The summed E-state index contributed by atoms with van der Waals surface area (Å²) in [6.07, 6.45) is 4.21. The smallest absolute Gasteiger partial charge is 0.271 e. The van der Waals surface area contributed by atoms with E-state index in [0.717, 1.165) is 24.2 Å². The van der Waals surface area contributed by atoms with Crippen molar-refractivity contribution in [2.75, 3.05) is 18.0 Å². The highest BCUT2D eigenvalue weighted by Gasteiger charge is 2.11. The van der Waals surface area contributed by atoms with Crippen molar-refractivity contribution >= 4 is 17.8 Å². The molecule has 0 saturated carbocycles. The third-order valence-electron chi connectivity index (χ3n) is 4.06. The molecule has 0 unspecified atom stereocenters. The van der Waals surface area contributed by atoms with Crippen LogP contribution in [0.25, 0.3) is 0 Å². The average molecular weight is 307 g/mol. The van der Waals surface area contributed by atoms with Crippen molar-refractivity contribution < 1.29 is 4.79 Å². The van der Waals surface area contributed by atoms with Crippen LogP contribution < -0.4 is 10.3 Å². The highest BCUT2D eigenvalue weighted by atomic mass is 16.2. The first-order valence-corrected chi connectivity index (χ1v) is 7.97. The van der Waals surface area contributed by atoms with Gasteiger partial charge in [-0.25, -0.2) is 5.43 Å². The maximum atomic E-state index is 11.9. The van der Waals surface area contributed by atoms with E-state index in [1.54, 1.807) is 18.3 Å². The van der Waals surface area contributed by atoms with E-state index in [4.69, 9.17) is 0 Å². The lowest BCUT2D eigenvalue weighted by atomic mass is 10.1. The van der Waals surface area contributed by atoms with Crippen molar-refractivity contribution in [2.45, 2.75) is 19.8 Å². The quantitative estimate of drug-likeness (QED) is 0.695. The normalized spacial score (nSPS) is 14.4. The predicted molar refractivity (Wildman–Crippen MR) is 94.1 cm³/mol. The molecule has 0 atom stereocenters. The van der Waals surface area contributed by atoms with Gasteiger partial charge >= 0.3 is 0 Å². The van der Waals surface area contributed by atoms with E-state index in [1.807, 2.05) is 31.2 Å². The number of carbonyl (C=O) groups excluding carboxylic acids is 1. The summed E-state index contributed by atoms with van der Waals surface area (Å²) in [7, 11) is 0. The second kappa shape index (κ2) is 7.09. The standard InChI is InChI=1S/C19H21N3O/c1-15-4-8-17(9-5-15)19(23)21-20-14-16-6-10-18(11-7-16)22-12-2-3-13-22/h4-11,14H,2-3,12-13H2,1H3,(H,21,23)/b20-14+. The van der Waals surface area contributed by atoms with Crippen LogP contribution in [-0.4, -0.2) is 25.2 Å². The first-order valence-electron chi connectivity index (χ1n) is 7.97. The molecule has 1 amide bonds. The molecule has 23 heavy (non-hydrogen) atoms. The summed E-state index contributed by atoms with van der Waals surface area (Å²) >= 11 is 0. The lowest BCUT2D eigenvalue weighted by Gasteiger charge is -2.17. The minimum atomic E-state index is -0.199. The van der Waals surface area contributed by atoms with Crippen molar-refractivity contribution in [3.63, 3.8) is 0 Å². The Bertz CT molecular complexity index is 684. The zero-order valence-electron chi connectivity index (χ0n) is 13.3. The van der Waals surface area contributed by atoms with Crippen molar-refractivity contribution in [3.05, 3.63) is 65.2 Å². The van der Waals surface area contributed by atoms with Gasteiger partial charge in [-0.05, 0) is 49.6 Å². The molecule has 3 rings (SSSR count). The van der Waals surface area contributed by atoms with Gasteiger partial charge in [-0.1, -0.05) is 29.8 Å². The number of nitrogens with one attached hydrogen (secondary N) is 1. The molecule has 2 aromatic carbocycles. The van der Waals surface area contributed by atoms with E-state index in [-0.39, 0.29) is 5.91 Å². The molecule has 1 N–H and O–H groups in total. The number of hydrogen-bond acceptors (Lipinski definition) is 3. The molecule has 0 radical (unpaired) electrons. The molecule has 0 aromatic heterocycles. The van der Waals surface area contributed by atoms with Crippen LogP contribution in [-0.2, 0) is 0 Å². The third kappa shape index (κ3) is 3.97. The summed E-state index contributed by atoms with van der Waals surface area (Å²) in [4.78, 5) is 14.3. The van der Waals surface area contributed by atoms with Gasteiger partial charge < -0.3 is 4.90 Å². The van der Waals surface area contributed by atoms with E-state index >= 15 is 0 Å². The Kier molecular flexibility index (Phi) is 4.71. The molecule has 0 spiro atoms. The van der Waals surface area contributed by atoms with Crippen LogP contribution in [0, 0.1) is 6.92 Å². The minimum absolute atomic E-state index is 0.199. The van der Waals surface area contributed by atoms with Crippen molar-refractivity contribution in [2.24, 2.45) is 5.10 Å². The zero-order valence-corrected chi connectivity index (χ0v) is 13.3. The van der Waals surface area contributed by atoms with Gasteiger partial charge in [-0.3, -0.25) is 4.79 Å². The maximum Gasteiger partial charge on any atom is 0.271 e. The maximum absolute atomic E-state index is 11.9.